The van der Waals surface area contributed by atoms with E-state index >= 15 is 0 Å². The molecule has 0 heterocycles. The van der Waals surface area contributed by atoms with Crippen LogP contribution in [0.5, 0.6) is 11.5 Å². The summed E-state index contributed by atoms with van der Waals surface area (Å²) in [5.41, 5.74) is 1.76. The summed E-state index contributed by atoms with van der Waals surface area (Å²) in [5, 5.41) is 0. The molecule has 1 N–H and O–H groups in total. The van der Waals surface area contributed by atoms with Gasteiger partial charge in [-0.25, -0.2) is 13.1 Å². The van der Waals surface area contributed by atoms with Crippen LogP contribution in [0.1, 0.15) is 18.1 Å². The summed E-state index contributed by atoms with van der Waals surface area (Å²) in [5.74, 6) is 1.46. The van der Waals surface area contributed by atoms with Gasteiger partial charge in [0.1, 0.15) is 11.5 Å². The van der Waals surface area contributed by atoms with E-state index in [1.807, 2.05) is 38.1 Å². The van der Waals surface area contributed by atoms with Crippen LogP contribution in [-0.4, -0.2) is 28.7 Å². The topological polar surface area (TPSA) is 64.6 Å². The van der Waals surface area contributed by atoms with Gasteiger partial charge in [-0.05, 0) is 55.7 Å². The Morgan fingerprint density at radius 2 is 1.83 bits per heavy atom. The molecule has 0 saturated carbocycles. The summed E-state index contributed by atoms with van der Waals surface area (Å²) in [6.45, 7) is 4.57. The number of rotatable bonds is 8. The summed E-state index contributed by atoms with van der Waals surface area (Å²) in [4.78, 5) is 0.239. The molecule has 0 unspecified atom stereocenters. The molecule has 0 fully saturated rings. The summed E-state index contributed by atoms with van der Waals surface area (Å²) < 4.78 is 38.2. The third-order valence-corrected chi connectivity index (χ3v) is 5.09. The monoisotopic (exact) mass is 349 g/mol. The third kappa shape index (κ3) is 4.49. The SMILES string of the molecule is CCOc1ccc(S(=O)(=O)NCCc2ccccc2OC)cc1C. The number of ether oxygens (including phenoxy) is 2. The minimum absolute atomic E-state index is 0.239. The van der Waals surface area contributed by atoms with Crippen molar-refractivity contribution < 1.29 is 17.9 Å². The molecule has 6 heteroatoms. The molecular weight excluding hydrogens is 326 g/mol. The van der Waals surface area contributed by atoms with E-state index in [9.17, 15) is 8.42 Å². The number of para-hydroxylation sites is 1. The Morgan fingerprint density at radius 3 is 2.50 bits per heavy atom. The standard InChI is InChI=1S/C18H23NO4S/c1-4-23-17-10-9-16(13-14(17)2)24(20,21)19-12-11-15-7-5-6-8-18(15)22-3/h5-10,13,19H,4,11-12H2,1-3H3. The highest BCUT2D eigenvalue weighted by Crippen LogP contribution is 2.22. The van der Waals surface area contributed by atoms with Crippen molar-refractivity contribution >= 4 is 10.0 Å². The van der Waals surface area contributed by atoms with Gasteiger partial charge in [0.15, 0.2) is 0 Å². The Hall–Kier alpha value is -2.05. The first-order valence-corrected chi connectivity index (χ1v) is 9.31. The van der Waals surface area contributed by atoms with Gasteiger partial charge in [0, 0.05) is 6.54 Å². The van der Waals surface area contributed by atoms with Crippen molar-refractivity contribution in [2.75, 3.05) is 20.3 Å². The van der Waals surface area contributed by atoms with Crippen molar-refractivity contribution in [3.8, 4) is 11.5 Å². The fourth-order valence-electron chi connectivity index (χ4n) is 2.42. The maximum absolute atomic E-state index is 12.4. The highest BCUT2D eigenvalue weighted by atomic mass is 32.2. The second-order valence-electron chi connectivity index (χ2n) is 5.32. The molecule has 0 atom stereocenters. The summed E-state index contributed by atoms with van der Waals surface area (Å²) in [6.07, 6.45) is 0.555. The molecular formula is C18H23NO4S. The number of hydrogen-bond acceptors (Lipinski definition) is 4. The lowest BCUT2D eigenvalue weighted by atomic mass is 10.1. The quantitative estimate of drug-likeness (QED) is 0.796. The lowest BCUT2D eigenvalue weighted by molar-refractivity contribution is 0.337. The number of sulfonamides is 1. The van der Waals surface area contributed by atoms with Crippen LogP contribution in [0.25, 0.3) is 0 Å². The number of aryl methyl sites for hydroxylation is 1. The van der Waals surface area contributed by atoms with Crippen molar-refractivity contribution in [2.45, 2.75) is 25.2 Å². The number of benzene rings is 2. The van der Waals surface area contributed by atoms with Gasteiger partial charge in [0.05, 0.1) is 18.6 Å². The van der Waals surface area contributed by atoms with Gasteiger partial charge in [-0.15, -0.1) is 0 Å². The average Bonchev–Trinajstić information content (AvgIpc) is 2.57. The van der Waals surface area contributed by atoms with E-state index in [0.717, 1.165) is 16.9 Å². The first-order chi connectivity index (χ1) is 11.5. The molecule has 2 aromatic carbocycles. The molecule has 0 spiro atoms. The first-order valence-electron chi connectivity index (χ1n) is 7.83. The van der Waals surface area contributed by atoms with Crippen molar-refractivity contribution in [2.24, 2.45) is 0 Å². The van der Waals surface area contributed by atoms with Gasteiger partial charge in [0.25, 0.3) is 0 Å². The van der Waals surface area contributed by atoms with Crippen molar-refractivity contribution in [1.82, 2.24) is 4.72 Å². The van der Waals surface area contributed by atoms with E-state index in [1.165, 1.54) is 0 Å². The van der Waals surface area contributed by atoms with Crippen molar-refractivity contribution in [1.29, 1.82) is 0 Å². The molecule has 0 aliphatic carbocycles. The maximum atomic E-state index is 12.4. The summed E-state index contributed by atoms with van der Waals surface area (Å²) in [6, 6.07) is 12.4. The summed E-state index contributed by atoms with van der Waals surface area (Å²) in [7, 11) is -1.95. The van der Waals surface area contributed by atoms with Crippen molar-refractivity contribution in [3.05, 3.63) is 53.6 Å². The Kier molecular flexibility index (Phi) is 6.23. The second kappa shape index (κ2) is 8.17. The highest BCUT2D eigenvalue weighted by Gasteiger charge is 2.15. The van der Waals surface area contributed by atoms with Gasteiger partial charge < -0.3 is 9.47 Å². The largest absolute Gasteiger partial charge is 0.496 e. The Labute approximate surface area is 143 Å². The number of nitrogens with one attached hydrogen (secondary N) is 1. The first kappa shape index (κ1) is 18.3. The molecule has 0 bridgehead atoms. The Morgan fingerprint density at radius 1 is 1.08 bits per heavy atom. The zero-order valence-corrected chi connectivity index (χ0v) is 15.0. The molecule has 130 valence electrons. The van der Waals surface area contributed by atoms with Crippen LogP contribution >= 0.6 is 0 Å². The van der Waals surface area contributed by atoms with Gasteiger partial charge >= 0.3 is 0 Å². The minimum Gasteiger partial charge on any atom is -0.496 e. The second-order valence-corrected chi connectivity index (χ2v) is 7.09. The lowest BCUT2D eigenvalue weighted by Gasteiger charge is -2.11. The number of hydrogen-bond donors (Lipinski definition) is 1. The van der Waals surface area contributed by atoms with Crippen molar-refractivity contribution in [3.63, 3.8) is 0 Å². The smallest absolute Gasteiger partial charge is 0.240 e. The van der Waals surface area contributed by atoms with E-state index < -0.39 is 10.0 Å². The zero-order chi connectivity index (χ0) is 17.6. The zero-order valence-electron chi connectivity index (χ0n) is 14.2. The molecule has 5 nitrogen and oxygen atoms in total. The van der Waals surface area contributed by atoms with Gasteiger partial charge in [-0.3, -0.25) is 0 Å². The minimum atomic E-state index is -3.55. The Balaban J connectivity index is 2.05. The molecule has 0 radical (unpaired) electrons. The predicted molar refractivity (Wildman–Crippen MR) is 94.2 cm³/mol. The molecule has 2 rings (SSSR count). The third-order valence-electron chi connectivity index (χ3n) is 3.64. The van der Waals surface area contributed by atoms with Gasteiger partial charge in [-0.1, -0.05) is 18.2 Å². The molecule has 0 amide bonds. The van der Waals surface area contributed by atoms with E-state index in [4.69, 9.17) is 9.47 Å². The number of methoxy groups -OCH3 is 1. The van der Waals surface area contributed by atoms with E-state index in [2.05, 4.69) is 4.72 Å². The van der Waals surface area contributed by atoms with Crippen LogP contribution in [0.4, 0.5) is 0 Å². The fourth-order valence-corrected chi connectivity index (χ4v) is 3.54. The van der Waals surface area contributed by atoms with Crippen LogP contribution in [0.15, 0.2) is 47.4 Å². The van der Waals surface area contributed by atoms with Gasteiger partial charge in [-0.2, -0.15) is 0 Å². The van der Waals surface area contributed by atoms with E-state index in [0.29, 0.717) is 25.3 Å². The Bertz CT molecular complexity index is 787. The fraction of sp³-hybridized carbons (Fsp3) is 0.333. The van der Waals surface area contributed by atoms with E-state index in [1.54, 1.807) is 25.3 Å². The predicted octanol–water partition coefficient (Wildman–Crippen LogP) is 2.92. The molecule has 0 aliphatic rings. The molecule has 0 aromatic heterocycles. The van der Waals surface area contributed by atoms with E-state index in [-0.39, 0.29) is 4.90 Å². The molecule has 24 heavy (non-hydrogen) atoms. The van der Waals surface area contributed by atoms with Crippen LogP contribution in [-0.2, 0) is 16.4 Å². The maximum Gasteiger partial charge on any atom is 0.240 e. The highest BCUT2D eigenvalue weighted by molar-refractivity contribution is 7.89. The summed E-state index contributed by atoms with van der Waals surface area (Å²) >= 11 is 0. The lowest BCUT2D eigenvalue weighted by Crippen LogP contribution is -2.26. The van der Waals surface area contributed by atoms with Crippen LogP contribution in [0, 0.1) is 6.92 Å². The molecule has 0 aliphatic heterocycles. The van der Waals surface area contributed by atoms with Crippen LogP contribution in [0.2, 0.25) is 0 Å². The normalized spacial score (nSPS) is 11.3. The average molecular weight is 349 g/mol. The van der Waals surface area contributed by atoms with Crippen LogP contribution in [0.3, 0.4) is 0 Å². The molecule has 0 saturated heterocycles. The molecule has 2 aromatic rings. The van der Waals surface area contributed by atoms with Gasteiger partial charge in [0.2, 0.25) is 10.0 Å². The van der Waals surface area contributed by atoms with Crippen LogP contribution < -0.4 is 14.2 Å².